The van der Waals surface area contributed by atoms with E-state index in [2.05, 4.69) is 10.6 Å². The quantitative estimate of drug-likeness (QED) is 0.490. The van der Waals surface area contributed by atoms with Crippen molar-refractivity contribution < 1.29 is 28.5 Å². The van der Waals surface area contributed by atoms with Gasteiger partial charge in [-0.15, -0.1) is 0 Å². The van der Waals surface area contributed by atoms with Gasteiger partial charge < -0.3 is 25.2 Å². The molecule has 7 nitrogen and oxygen atoms in total. The van der Waals surface area contributed by atoms with E-state index >= 15 is 0 Å². The van der Waals surface area contributed by atoms with Crippen molar-refractivity contribution >= 4 is 23.2 Å². The van der Waals surface area contributed by atoms with E-state index in [0.717, 1.165) is 31.1 Å². The van der Waals surface area contributed by atoms with E-state index in [1.807, 2.05) is 18.2 Å². The maximum atomic E-state index is 13.2. The van der Waals surface area contributed by atoms with Crippen LogP contribution in [0.1, 0.15) is 0 Å². The summed E-state index contributed by atoms with van der Waals surface area (Å²) in [5.74, 6) is 0.0629. The zero-order valence-corrected chi connectivity index (χ0v) is 16.5. The molecule has 1 aliphatic heterocycles. The van der Waals surface area contributed by atoms with E-state index in [1.165, 1.54) is 17.0 Å². The number of quaternary nitrogens is 2. The molecule has 0 atom stereocenters. The van der Waals surface area contributed by atoms with Crippen molar-refractivity contribution in [1.82, 2.24) is 0 Å². The fourth-order valence-electron chi connectivity index (χ4n) is 3.48. The molecule has 0 saturated carbocycles. The molecule has 0 radical (unpaired) electrons. The topological polar surface area (TPSA) is 76.3 Å². The van der Waals surface area contributed by atoms with Gasteiger partial charge in [0.25, 0.3) is 11.8 Å². The van der Waals surface area contributed by atoms with E-state index < -0.39 is 0 Å². The number of rotatable bonds is 7. The van der Waals surface area contributed by atoms with E-state index in [4.69, 9.17) is 4.74 Å². The first-order chi connectivity index (χ1) is 14.0. The van der Waals surface area contributed by atoms with Crippen LogP contribution in [-0.2, 0) is 9.59 Å². The van der Waals surface area contributed by atoms with Crippen molar-refractivity contribution in [1.29, 1.82) is 0 Å². The maximum Gasteiger partial charge on any atom is 0.279 e. The van der Waals surface area contributed by atoms with Gasteiger partial charge in [-0.1, -0.05) is 18.2 Å². The molecule has 0 aliphatic carbocycles. The largest absolute Gasteiger partial charge is 0.495 e. The third-order valence-electron chi connectivity index (χ3n) is 4.97. The summed E-state index contributed by atoms with van der Waals surface area (Å²) in [5.41, 5.74) is 1.13. The first-order valence-electron chi connectivity index (χ1n) is 9.69. The highest BCUT2D eigenvalue weighted by Gasteiger charge is 2.26. The molecular formula is C21H27FN4O3+2. The fraction of sp³-hybridized carbons (Fsp3) is 0.333. The maximum absolute atomic E-state index is 13.2. The van der Waals surface area contributed by atoms with Crippen LogP contribution in [0.2, 0.25) is 0 Å². The van der Waals surface area contributed by atoms with E-state index in [-0.39, 0.29) is 17.6 Å². The van der Waals surface area contributed by atoms with Crippen LogP contribution in [0.15, 0.2) is 48.5 Å². The Bertz CT molecular complexity index is 853. The number of halogens is 1. The van der Waals surface area contributed by atoms with Crippen LogP contribution in [0.3, 0.4) is 0 Å². The molecule has 2 aromatic rings. The van der Waals surface area contributed by atoms with Gasteiger partial charge in [0.15, 0.2) is 13.1 Å². The second-order valence-electron chi connectivity index (χ2n) is 7.16. The van der Waals surface area contributed by atoms with E-state index in [1.54, 1.807) is 25.3 Å². The first kappa shape index (κ1) is 20.8. The van der Waals surface area contributed by atoms with Gasteiger partial charge in [0.05, 0.1) is 12.8 Å². The highest BCUT2D eigenvalue weighted by molar-refractivity contribution is 5.93. The predicted octanol–water partition coefficient (Wildman–Crippen LogP) is -0.805. The van der Waals surface area contributed by atoms with Crippen LogP contribution in [-0.4, -0.2) is 58.2 Å². The normalized spacial score (nSPS) is 18.7. The van der Waals surface area contributed by atoms with E-state index in [0.29, 0.717) is 30.2 Å². The van der Waals surface area contributed by atoms with Gasteiger partial charge >= 0.3 is 0 Å². The summed E-state index contributed by atoms with van der Waals surface area (Å²) in [5, 5.41) is 5.63. The number of carbonyl (C=O) groups is 2. The molecule has 1 fully saturated rings. The van der Waals surface area contributed by atoms with Gasteiger partial charge in [-0.2, -0.15) is 0 Å². The second kappa shape index (κ2) is 9.99. The minimum atomic E-state index is -0.376. The number of methoxy groups -OCH3 is 1. The zero-order valence-electron chi connectivity index (χ0n) is 16.5. The third-order valence-corrected chi connectivity index (χ3v) is 4.97. The number of hydrogen-bond donors (Lipinski definition) is 4. The lowest BCUT2D eigenvalue weighted by Crippen LogP contribution is -3.28. The van der Waals surface area contributed by atoms with Gasteiger partial charge in [-0.25, -0.2) is 4.39 Å². The summed E-state index contributed by atoms with van der Waals surface area (Å²) < 4.78 is 18.5. The standard InChI is InChI=1S/C21H25FN4O3/c1-29-19-8-3-2-7-18(19)24-21(28)15-26-11-9-25(10-12-26)14-20(27)23-17-6-4-5-16(22)13-17/h2-8,13H,9-12,14-15H2,1H3,(H,23,27)(H,24,28)/p+2. The van der Waals surface area contributed by atoms with Crippen LogP contribution >= 0.6 is 0 Å². The van der Waals surface area contributed by atoms with Crippen LogP contribution in [0.5, 0.6) is 5.75 Å². The minimum Gasteiger partial charge on any atom is -0.495 e. The summed E-state index contributed by atoms with van der Waals surface area (Å²) in [7, 11) is 1.57. The smallest absolute Gasteiger partial charge is 0.279 e. The lowest BCUT2D eigenvalue weighted by Gasteiger charge is -2.29. The average molecular weight is 402 g/mol. The molecule has 1 aliphatic rings. The Balaban J connectivity index is 1.41. The second-order valence-corrected chi connectivity index (χ2v) is 7.16. The van der Waals surface area contributed by atoms with E-state index in [9.17, 15) is 14.0 Å². The van der Waals surface area contributed by atoms with Crippen LogP contribution in [0.25, 0.3) is 0 Å². The number of piperazine rings is 1. The van der Waals surface area contributed by atoms with Gasteiger partial charge in [0.2, 0.25) is 0 Å². The SMILES string of the molecule is COc1ccccc1NC(=O)C[NH+]1CC[NH+](CC(=O)Nc2cccc(F)c2)CC1. The summed E-state index contributed by atoms with van der Waals surface area (Å²) in [4.78, 5) is 26.9. The Morgan fingerprint density at radius 1 is 0.931 bits per heavy atom. The van der Waals surface area contributed by atoms with Crippen LogP contribution < -0.4 is 25.2 Å². The minimum absolute atomic E-state index is 0.0585. The van der Waals surface area contributed by atoms with Gasteiger partial charge in [-0.05, 0) is 30.3 Å². The molecule has 0 bridgehead atoms. The van der Waals surface area contributed by atoms with Crippen molar-refractivity contribution in [3.05, 3.63) is 54.3 Å². The summed E-state index contributed by atoms with van der Waals surface area (Å²) >= 11 is 0. The molecular weight excluding hydrogens is 375 g/mol. The fourth-order valence-corrected chi connectivity index (χ4v) is 3.48. The van der Waals surface area contributed by atoms with Crippen molar-refractivity contribution in [2.75, 3.05) is 57.0 Å². The molecule has 3 rings (SSSR count). The number of anilines is 2. The number of carbonyl (C=O) groups excluding carboxylic acids is 2. The van der Waals surface area contributed by atoms with Crippen molar-refractivity contribution in [3.8, 4) is 5.75 Å². The highest BCUT2D eigenvalue weighted by Crippen LogP contribution is 2.22. The summed E-state index contributed by atoms with van der Waals surface area (Å²) in [6.45, 7) is 3.92. The third kappa shape index (κ3) is 6.27. The van der Waals surface area contributed by atoms with Crippen LogP contribution in [0.4, 0.5) is 15.8 Å². The molecule has 1 saturated heterocycles. The Morgan fingerprint density at radius 3 is 2.17 bits per heavy atom. The molecule has 29 heavy (non-hydrogen) atoms. The Labute approximate surface area is 169 Å². The molecule has 0 spiro atoms. The Morgan fingerprint density at radius 2 is 1.55 bits per heavy atom. The molecule has 2 amide bonds. The monoisotopic (exact) mass is 402 g/mol. The molecule has 0 aromatic heterocycles. The number of hydrogen-bond acceptors (Lipinski definition) is 3. The zero-order chi connectivity index (χ0) is 20.6. The highest BCUT2D eigenvalue weighted by atomic mass is 19.1. The molecule has 4 N–H and O–H groups in total. The molecule has 154 valence electrons. The lowest BCUT2D eigenvalue weighted by molar-refractivity contribution is -1.00. The van der Waals surface area contributed by atoms with Crippen LogP contribution in [0, 0.1) is 5.82 Å². The first-order valence-corrected chi connectivity index (χ1v) is 9.69. The molecule has 0 unspecified atom stereocenters. The predicted molar refractivity (Wildman–Crippen MR) is 108 cm³/mol. The number of ether oxygens (including phenoxy) is 1. The lowest BCUT2D eigenvalue weighted by atomic mass is 10.2. The number of benzene rings is 2. The Hall–Kier alpha value is -2.97. The molecule has 2 aromatic carbocycles. The molecule has 1 heterocycles. The van der Waals surface area contributed by atoms with Crippen molar-refractivity contribution in [2.24, 2.45) is 0 Å². The van der Waals surface area contributed by atoms with Gasteiger partial charge in [-0.3, -0.25) is 9.59 Å². The number of nitrogens with one attached hydrogen (secondary N) is 4. The van der Waals surface area contributed by atoms with Gasteiger partial charge in [0.1, 0.15) is 37.7 Å². The number of para-hydroxylation sites is 2. The molecule has 8 heteroatoms. The average Bonchev–Trinajstić information content (AvgIpc) is 2.70. The summed E-state index contributed by atoms with van der Waals surface area (Å²) in [6.07, 6.45) is 0. The number of amides is 2. The van der Waals surface area contributed by atoms with Crippen molar-refractivity contribution in [3.63, 3.8) is 0 Å². The van der Waals surface area contributed by atoms with Crippen molar-refractivity contribution in [2.45, 2.75) is 0 Å². The van der Waals surface area contributed by atoms with Gasteiger partial charge in [0, 0.05) is 5.69 Å². The summed E-state index contributed by atoms with van der Waals surface area (Å²) in [6, 6.07) is 13.2. The Kier molecular flexibility index (Phi) is 7.15.